The van der Waals surface area contributed by atoms with Crippen LogP contribution in [0.5, 0.6) is 0 Å². The van der Waals surface area contributed by atoms with Gasteiger partial charge in [-0.1, -0.05) is 13.8 Å². The van der Waals surface area contributed by atoms with Gasteiger partial charge in [0.15, 0.2) is 5.82 Å². The number of anilines is 1. The number of nitrogens with one attached hydrogen (secondary N) is 1. The molecule has 1 N–H and O–H groups in total. The first-order valence-corrected chi connectivity index (χ1v) is 4.98. The Morgan fingerprint density at radius 1 is 1.54 bits per heavy atom. The summed E-state index contributed by atoms with van der Waals surface area (Å²) in [6, 6.07) is 0. The van der Waals surface area contributed by atoms with E-state index in [0.29, 0.717) is 5.92 Å². The molecule has 13 heavy (non-hydrogen) atoms. The van der Waals surface area contributed by atoms with Gasteiger partial charge < -0.3 is 4.90 Å². The standard InChI is InChI=1S/C10H17N3.H2/c1-7(2)9-8-5-4-6-13(3)10(8)12-11-9;/h7H,4-6H2,1-3H3,(H,11,12);1H. The molecule has 3 heteroatoms. The van der Waals surface area contributed by atoms with Crippen molar-refractivity contribution in [3.05, 3.63) is 11.3 Å². The van der Waals surface area contributed by atoms with Crippen LogP contribution in [0.2, 0.25) is 0 Å². The molecule has 0 unspecified atom stereocenters. The molecular formula is C10H19N3. The van der Waals surface area contributed by atoms with Crippen molar-refractivity contribution in [2.45, 2.75) is 32.6 Å². The number of aromatic nitrogens is 2. The van der Waals surface area contributed by atoms with Gasteiger partial charge in [0.1, 0.15) is 0 Å². The lowest BCUT2D eigenvalue weighted by Crippen LogP contribution is -2.24. The summed E-state index contributed by atoms with van der Waals surface area (Å²) in [7, 11) is 2.11. The Labute approximate surface area is 80.6 Å². The minimum absolute atomic E-state index is 0. The molecule has 1 aromatic rings. The molecule has 1 aromatic heterocycles. The van der Waals surface area contributed by atoms with Gasteiger partial charge in [-0.05, 0) is 18.8 Å². The fourth-order valence-electron chi connectivity index (χ4n) is 2.01. The van der Waals surface area contributed by atoms with Crippen molar-refractivity contribution in [2.75, 3.05) is 18.5 Å². The molecular weight excluding hydrogens is 162 g/mol. The molecule has 0 radical (unpaired) electrons. The highest BCUT2D eigenvalue weighted by atomic mass is 15.3. The first-order chi connectivity index (χ1) is 6.20. The van der Waals surface area contributed by atoms with Crippen molar-refractivity contribution >= 4 is 5.82 Å². The molecule has 1 aliphatic heterocycles. The lowest BCUT2D eigenvalue weighted by Gasteiger charge is -2.23. The van der Waals surface area contributed by atoms with E-state index in [1.54, 1.807) is 0 Å². The normalized spacial score (nSPS) is 16.5. The lowest BCUT2D eigenvalue weighted by molar-refractivity contribution is 0.725. The summed E-state index contributed by atoms with van der Waals surface area (Å²) in [6.07, 6.45) is 2.44. The monoisotopic (exact) mass is 181 g/mol. The third-order valence-electron chi connectivity index (χ3n) is 2.74. The van der Waals surface area contributed by atoms with Crippen LogP contribution in [-0.2, 0) is 6.42 Å². The zero-order valence-corrected chi connectivity index (χ0v) is 8.59. The Balaban J connectivity index is 0.000000980. The highest BCUT2D eigenvalue weighted by Crippen LogP contribution is 2.29. The van der Waals surface area contributed by atoms with Gasteiger partial charge in [0.2, 0.25) is 0 Å². The summed E-state index contributed by atoms with van der Waals surface area (Å²) < 4.78 is 0. The van der Waals surface area contributed by atoms with Crippen LogP contribution in [0.25, 0.3) is 0 Å². The van der Waals surface area contributed by atoms with Crippen LogP contribution in [0.3, 0.4) is 0 Å². The van der Waals surface area contributed by atoms with Crippen molar-refractivity contribution < 1.29 is 1.43 Å². The number of nitrogens with zero attached hydrogens (tertiary/aromatic N) is 2. The maximum Gasteiger partial charge on any atom is 0.153 e. The molecule has 74 valence electrons. The highest BCUT2D eigenvalue weighted by molar-refractivity contribution is 5.51. The second-order valence-electron chi connectivity index (χ2n) is 4.12. The summed E-state index contributed by atoms with van der Waals surface area (Å²) in [5.41, 5.74) is 2.75. The Bertz CT molecular complexity index is 293. The number of H-pyrrole nitrogens is 1. The largest absolute Gasteiger partial charge is 0.358 e. The Morgan fingerprint density at radius 3 is 3.00 bits per heavy atom. The predicted molar refractivity (Wildman–Crippen MR) is 56.4 cm³/mol. The van der Waals surface area contributed by atoms with Crippen molar-refractivity contribution in [1.29, 1.82) is 0 Å². The molecule has 0 fully saturated rings. The van der Waals surface area contributed by atoms with Gasteiger partial charge in [-0.15, -0.1) is 0 Å². The number of fused-ring (bicyclic) bond motifs is 1. The van der Waals surface area contributed by atoms with E-state index < -0.39 is 0 Å². The zero-order valence-electron chi connectivity index (χ0n) is 8.59. The van der Waals surface area contributed by atoms with E-state index in [2.05, 4.69) is 36.0 Å². The summed E-state index contributed by atoms with van der Waals surface area (Å²) in [4.78, 5) is 2.24. The molecule has 2 heterocycles. The third-order valence-corrected chi connectivity index (χ3v) is 2.74. The SMILES string of the molecule is CC(C)c1[nH]nc2c1CCCN2C.[HH]. The molecule has 0 atom stereocenters. The van der Waals surface area contributed by atoms with Crippen molar-refractivity contribution in [2.24, 2.45) is 0 Å². The van der Waals surface area contributed by atoms with Crippen molar-refractivity contribution in [3.63, 3.8) is 0 Å². The van der Waals surface area contributed by atoms with Crippen molar-refractivity contribution in [3.8, 4) is 0 Å². The Hall–Kier alpha value is -0.990. The van der Waals surface area contributed by atoms with Crippen LogP contribution in [0, 0.1) is 0 Å². The van der Waals surface area contributed by atoms with Gasteiger partial charge in [0.25, 0.3) is 0 Å². The minimum atomic E-state index is 0. The van der Waals surface area contributed by atoms with Gasteiger partial charge >= 0.3 is 0 Å². The third kappa shape index (κ3) is 1.32. The lowest BCUT2D eigenvalue weighted by atomic mass is 9.99. The first-order valence-electron chi connectivity index (χ1n) is 4.98. The number of hydrogen-bond acceptors (Lipinski definition) is 2. The van der Waals surface area contributed by atoms with E-state index in [9.17, 15) is 0 Å². The molecule has 0 bridgehead atoms. The van der Waals surface area contributed by atoms with E-state index >= 15 is 0 Å². The van der Waals surface area contributed by atoms with Crippen LogP contribution in [0.4, 0.5) is 5.82 Å². The second-order valence-corrected chi connectivity index (χ2v) is 4.12. The molecule has 0 amide bonds. The van der Waals surface area contributed by atoms with Crippen molar-refractivity contribution in [1.82, 2.24) is 10.2 Å². The highest BCUT2D eigenvalue weighted by Gasteiger charge is 2.21. The number of aromatic amines is 1. The quantitative estimate of drug-likeness (QED) is 0.720. The fourth-order valence-corrected chi connectivity index (χ4v) is 2.01. The molecule has 0 aliphatic carbocycles. The topological polar surface area (TPSA) is 31.9 Å². The number of rotatable bonds is 1. The van der Waals surface area contributed by atoms with E-state index in [-0.39, 0.29) is 1.43 Å². The van der Waals surface area contributed by atoms with E-state index in [1.165, 1.54) is 24.1 Å². The first kappa shape index (κ1) is 8.60. The summed E-state index contributed by atoms with van der Waals surface area (Å²) in [5.74, 6) is 1.72. The van der Waals surface area contributed by atoms with Crippen LogP contribution in [0.1, 0.15) is 38.9 Å². The predicted octanol–water partition coefficient (Wildman–Crippen LogP) is 2.16. The van der Waals surface area contributed by atoms with Crippen LogP contribution in [0.15, 0.2) is 0 Å². The second kappa shape index (κ2) is 3.05. The average molecular weight is 181 g/mol. The Kier molecular flexibility index (Phi) is 2.02. The minimum Gasteiger partial charge on any atom is -0.358 e. The van der Waals surface area contributed by atoms with Crippen LogP contribution >= 0.6 is 0 Å². The average Bonchev–Trinajstić information content (AvgIpc) is 2.48. The van der Waals surface area contributed by atoms with E-state index in [0.717, 1.165) is 12.4 Å². The smallest absolute Gasteiger partial charge is 0.153 e. The van der Waals surface area contributed by atoms with Gasteiger partial charge in [-0.3, -0.25) is 5.10 Å². The molecule has 0 spiro atoms. The van der Waals surface area contributed by atoms with Gasteiger partial charge in [0, 0.05) is 26.3 Å². The van der Waals surface area contributed by atoms with E-state index in [4.69, 9.17) is 0 Å². The van der Waals surface area contributed by atoms with Gasteiger partial charge in [-0.2, -0.15) is 5.10 Å². The van der Waals surface area contributed by atoms with Gasteiger partial charge in [-0.25, -0.2) is 0 Å². The summed E-state index contributed by atoms with van der Waals surface area (Å²) in [5, 5.41) is 7.51. The van der Waals surface area contributed by atoms with Crippen LogP contribution < -0.4 is 4.90 Å². The zero-order chi connectivity index (χ0) is 9.42. The summed E-state index contributed by atoms with van der Waals surface area (Å²) in [6.45, 7) is 5.56. The fraction of sp³-hybridized carbons (Fsp3) is 0.700. The van der Waals surface area contributed by atoms with Crippen LogP contribution in [-0.4, -0.2) is 23.8 Å². The van der Waals surface area contributed by atoms with Gasteiger partial charge in [0.05, 0.1) is 0 Å². The molecule has 0 aromatic carbocycles. The molecule has 3 nitrogen and oxygen atoms in total. The molecule has 0 saturated heterocycles. The maximum absolute atomic E-state index is 4.36. The molecule has 0 saturated carbocycles. The number of hydrogen-bond donors (Lipinski definition) is 1. The maximum atomic E-state index is 4.36. The Morgan fingerprint density at radius 2 is 2.31 bits per heavy atom. The molecule has 2 rings (SSSR count). The summed E-state index contributed by atoms with van der Waals surface area (Å²) >= 11 is 0. The molecule has 1 aliphatic rings. The van der Waals surface area contributed by atoms with E-state index in [1.807, 2.05) is 0 Å².